The largest absolute Gasteiger partial charge is 0.389 e. The Kier molecular flexibility index (Phi) is 4.47. The zero-order valence-corrected chi connectivity index (χ0v) is 11.3. The van der Waals surface area contributed by atoms with Crippen molar-refractivity contribution in [2.75, 3.05) is 18.5 Å². The summed E-state index contributed by atoms with van der Waals surface area (Å²) < 4.78 is 0. The van der Waals surface area contributed by atoms with Crippen LogP contribution in [0.5, 0.6) is 0 Å². The quantitative estimate of drug-likeness (QED) is 0.892. The molecule has 4 nitrogen and oxygen atoms in total. The molecule has 0 spiro atoms. The van der Waals surface area contributed by atoms with Crippen molar-refractivity contribution in [3.63, 3.8) is 0 Å². The Bertz CT molecular complexity index is 514. The van der Waals surface area contributed by atoms with Crippen LogP contribution < -0.4 is 4.90 Å². The standard InChI is InChI=1S/C15H19N3O/c1-12(19)13-6-9-17-15(11-13)18(2)10-7-14-5-3-4-8-16-14/h3-6,8-9,11-12,19H,7,10H2,1-2H3/t12-/m0/s1. The second kappa shape index (κ2) is 6.29. The fourth-order valence-corrected chi connectivity index (χ4v) is 1.85. The second-order valence-electron chi connectivity index (χ2n) is 4.62. The second-order valence-corrected chi connectivity index (χ2v) is 4.62. The molecule has 0 saturated heterocycles. The van der Waals surface area contributed by atoms with Gasteiger partial charge in [0, 0.05) is 38.1 Å². The highest BCUT2D eigenvalue weighted by atomic mass is 16.3. The lowest BCUT2D eigenvalue weighted by atomic mass is 10.1. The zero-order chi connectivity index (χ0) is 13.7. The first-order chi connectivity index (χ1) is 9.16. The van der Waals surface area contributed by atoms with Gasteiger partial charge in [0.05, 0.1) is 6.10 Å². The molecule has 100 valence electrons. The molecule has 2 heterocycles. The molecule has 2 rings (SSSR count). The summed E-state index contributed by atoms with van der Waals surface area (Å²) in [7, 11) is 2.00. The molecule has 0 amide bonds. The molecule has 0 saturated carbocycles. The number of rotatable bonds is 5. The molecule has 1 N–H and O–H groups in total. The highest BCUT2D eigenvalue weighted by Crippen LogP contribution is 2.17. The molecule has 0 radical (unpaired) electrons. The van der Waals surface area contributed by atoms with Crippen LogP contribution in [-0.4, -0.2) is 28.7 Å². The van der Waals surface area contributed by atoms with Crippen LogP contribution in [0.1, 0.15) is 24.3 Å². The Morgan fingerprint density at radius 1 is 1.21 bits per heavy atom. The smallest absolute Gasteiger partial charge is 0.128 e. The van der Waals surface area contributed by atoms with Gasteiger partial charge in [-0.2, -0.15) is 0 Å². The zero-order valence-electron chi connectivity index (χ0n) is 11.3. The third kappa shape index (κ3) is 3.76. The van der Waals surface area contributed by atoms with E-state index in [1.807, 2.05) is 43.6 Å². The number of hydrogen-bond acceptors (Lipinski definition) is 4. The lowest BCUT2D eigenvalue weighted by molar-refractivity contribution is 0.199. The van der Waals surface area contributed by atoms with Gasteiger partial charge in [0.15, 0.2) is 0 Å². The number of hydrogen-bond donors (Lipinski definition) is 1. The number of aliphatic hydroxyl groups is 1. The van der Waals surface area contributed by atoms with Gasteiger partial charge in [-0.05, 0) is 36.8 Å². The molecule has 0 fully saturated rings. The number of likely N-dealkylation sites (N-methyl/N-ethyl adjacent to an activating group) is 1. The Morgan fingerprint density at radius 2 is 2.05 bits per heavy atom. The van der Waals surface area contributed by atoms with E-state index in [4.69, 9.17) is 0 Å². The van der Waals surface area contributed by atoms with Gasteiger partial charge in [-0.15, -0.1) is 0 Å². The molecule has 0 aliphatic heterocycles. The maximum Gasteiger partial charge on any atom is 0.128 e. The summed E-state index contributed by atoms with van der Waals surface area (Å²) in [6.07, 6.45) is 3.94. The summed E-state index contributed by atoms with van der Waals surface area (Å²) in [6, 6.07) is 9.69. The van der Waals surface area contributed by atoms with E-state index in [0.29, 0.717) is 0 Å². The fraction of sp³-hybridized carbons (Fsp3) is 0.333. The first-order valence-corrected chi connectivity index (χ1v) is 6.42. The normalized spacial score (nSPS) is 12.2. The van der Waals surface area contributed by atoms with Crippen LogP contribution in [0, 0.1) is 0 Å². The molecule has 2 aromatic rings. The summed E-state index contributed by atoms with van der Waals surface area (Å²) in [5.41, 5.74) is 1.95. The van der Waals surface area contributed by atoms with E-state index < -0.39 is 6.10 Å². The van der Waals surface area contributed by atoms with Gasteiger partial charge in [-0.25, -0.2) is 4.98 Å². The lowest BCUT2D eigenvalue weighted by Crippen LogP contribution is -2.21. The van der Waals surface area contributed by atoms with Crippen molar-refractivity contribution in [3.05, 3.63) is 54.0 Å². The van der Waals surface area contributed by atoms with Crippen LogP contribution in [-0.2, 0) is 6.42 Å². The minimum absolute atomic E-state index is 0.467. The molecular formula is C15H19N3O. The summed E-state index contributed by atoms with van der Waals surface area (Å²) in [5, 5.41) is 9.58. The highest BCUT2D eigenvalue weighted by Gasteiger charge is 2.06. The Labute approximate surface area is 113 Å². The van der Waals surface area contributed by atoms with Crippen molar-refractivity contribution in [2.24, 2.45) is 0 Å². The molecule has 0 bridgehead atoms. The number of aliphatic hydroxyl groups excluding tert-OH is 1. The molecule has 19 heavy (non-hydrogen) atoms. The summed E-state index contributed by atoms with van der Waals surface area (Å²) in [5.74, 6) is 0.870. The van der Waals surface area contributed by atoms with Crippen LogP contribution in [0.25, 0.3) is 0 Å². The minimum Gasteiger partial charge on any atom is -0.389 e. The van der Waals surface area contributed by atoms with Gasteiger partial charge in [0.25, 0.3) is 0 Å². The van der Waals surface area contributed by atoms with Crippen molar-refractivity contribution in [1.82, 2.24) is 9.97 Å². The molecule has 0 unspecified atom stereocenters. The molecule has 0 aliphatic rings. The Balaban J connectivity index is 2.00. The summed E-state index contributed by atoms with van der Waals surface area (Å²) in [6.45, 7) is 2.60. The highest BCUT2D eigenvalue weighted by molar-refractivity contribution is 5.40. The lowest BCUT2D eigenvalue weighted by Gasteiger charge is -2.19. The van der Waals surface area contributed by atoms with Crippen molar-refractivity contribution >= 4 is 5.82 Å². The van der Waals surface area contributed by atoms with Crippen LogP contribution >= 0.6 is 0 Å². The van der Waals surface area contributed by atoms with E-state index in [-0.39, 0.29) is 0 Å². The predicted molar refractivity (Wildman–Crippen MR) is 76.1 cm³/mol. The first-order valence-electron chi connectivity index (χ1n) is 6.42. The van der Waals surface area contributed by atoms with Crippen LogP contribution in [0.15, 0.2) is 42.7 Å². The average Bonchev–Trinajstić information content (AvgIpc) is 2.46. The third-order valence-electron chi connectivity index (χ3n) is 3.07. The average molecular weight is 257 g/mol. The van der Waals surface area contributed by atoms with Gasteiger partial charge in [0.1, 0.15) is 5.82 Å². The molecular weight excluding hydrogens is 238 g/mol. The number of aromatic nitrogens is 2. The Morgan fingerprint density at radius 3 is 2.74 bits per heavy atom. The Hall–Kier alpha value is -1.94. The number of nitrogens with zero attached hydrogens (tertiary/aromatic N) is 3. The molecule has 4 heteroatoms. The van der Waals surface area contributed by atoms with Crippen LogP contribution in [0.4, 0.5) is 5.82 Å². The predicted octanol–water partition coefficient (Wildman–Crippen LogP) is 2.21. The molecule has 2 aromatic heterocycles. The van der Waals surface area contributed by atoms with Gasteiger partial charge in [-0.3, -0.25) is 4.98 Å². The van der Waals surface area contributed by atoms with Gasteiger partial charge < -0.3 is 10.0 Å². The molecule has 0 aromatic carbocycles. The number of anilines is 1. The van der Waals surface area contributed by atoms with E-state index in [2.05, 4.69) is 14.9 Å². The number of pyridine rings is 2. The van der Waals surface area contributed by atoms with Gasteiger partial charge in [-0.1, -0.05) is 6.07 Å². The van der Waals surface area contributed by atoms with Crippen molar-refractivity contribution < 1.29 is 5.11 Å². The van der Waals surface area contributed by atoms with E-state index >= 15 is 0 Å². The van der Waals surface area contributed by atoms with Gasteiger partial charge >= 0.3 is 0 Å². The van der Waals surface area contributed by atoms with Crippen molar-refractivity contribution in [1.29, 1.82) is 0 Å². The van der Waals surface area contributed by atoms with E-state index in [0.717, 1.165) is 30.0 Å². The van der Waals surface area contributed by atoms with E-state index in [1.165, 1.54) is 0 Å². The third-order valence-corrected chi connectivity index (χ3v) is 3.07. The molecule has 0 aliphatic carbocycles. The summed E-state index contributed by atoms with van der Waals surface area (Å²) >= 11 is 0. The van der Waals surface area contributed by atoms with Crippen LogP contribution in [0.2, 0.25) is 0 Å². The van der Waals surface area contributed by atoms with E-state index in [9.17, 15) is 5.11 Å². The maximum absolute atomic E-state index is 9.58. The van der Waals surface area contributed by atoms with Crippen molar-refractivity contribution in [2.45, 2.75) is 19.4 Å². The monoisotopic (exact) mass is 257 g/mol. The van der Waals surface area contributed by atoms with Gasteiger partial charge in [0.2, 0.25) is 0 Å². The minimum atomic E-state index is -0.467. The van der Waals surface area contributed by atoms with Crippen LogP contribution in [0.3, 0.4) is 0 Å². The van der Waals surface area contributed by atoms with Crippen molar-refractivity contribution in [3.8, 4) is 0 Å². The fourth-order valence-electron chi connectivity index (χ4n) is 1.85. The topological polar surface area (TPSA) is 49.3 Å². The first kappa shape index (κ1) is 13.5. The molecule has 1 atom stereocenters. The van der Waals surface area contributed by atoms with E-state index in [1.54, 1.807) is 13.1 Å². The maximum atomic E-state index is 9.58. The SMILES string of the molecule is C[C@H](O)c1ccnc(N(C)CCc2ccccn2)c1. The summed E-state index contributed by atoms with van der Waals surface area (Å²) in [4.78, 5) is 10.7.